The van der Waals surface area contributed by atoms with E-state index in [4.69, 9.17) is 4.43 Å². The van der Waals surface area contributed by atoms with E-state index in [9.17, 15) is 0 Å². The molecule has 0 spiro atoms. The number of rotatable bonds is 10. The van der Waals surface area contributed by atoms with Gasteiger partial charge in [-0.05, 0) is 42.0 Å². The van der Waals surface area contributed by atoms with Crippen LogP contribution in [0.3, 0.4) is 0 Å². The molecule has 0 aliphatic carbocycles. The van der Waals surface area contributed by atoms with Crippen LogP contribution in [0.25, 0.3) is 0 Å². The van der Waals surface area contributed by atoms with E-state index in [-0.39, 0.29) is 0 Å². The topological polar surface area (TPSA) is 9.23 Å². The third kappa shape index (κ3) is 5.95. The summed E-state index contributed by atoms with van der Waals surface area (Å²) in [7, 11) is -1.86. The zero-order chi connectivity index (χ0) is 17.5. The van der Waals surface area contributed by atoms with Crippen LogP contribution in [0.15, 0.2) is 24.0 Å². The lowest BCUT2D eigenvalue weighted by molar-refractivity contribution is 0.355. The molecule has 0 saturated heterocycles. The van der Waals surface area contributed by atoms with Crippen LogP contribution in [-0.4, -0.2) is 8.32 Å². The van der Waals surface area contributed by atoms with Crippen molar-refractivity contribution in [3.63, 3.8) is 0 Å². The predicted molar refractivity (Wildman–Crippen MR) is 104 cm³/mol. The first-order valence-electron chi connectivity index (χ1n) is 9.11. The Morgan fingerprint density at radius 2 is 1.45 bits per heavy atom. The Labute approximate surface area is 141 Å². The molecule has 0 radical (unpaired) electrons. The van der Waals surface area contributed by atoms with Crippen LogP contribution < -0.4 is 0 Å². The molecule has 22 heavy (non-hydrogen) atoms. The first-order chi connectivity index (χ1) is 10.1. The Bertz CT molecular complexity index is 344. The highest BCUT2D eigenvalue weighted by molar-refractivity contribution is 6.77. The highest BCUT2D eigenvalue weighted by Crippen LogP contribution is 2.44. The van der Waals surface area contributed by atoms with Crippen LogP contribution in [0, 0.1) is 5.92 Å². The number of hydrogen-bond acceptors (Lipinski definition) is 1. The van der Waals surface area contributed by atoms with E-state index in [0.717, 1.165) is 6.42 Å². The van der Waals surface area contributed by atoms with Crippen molar-refractivity contribution < 1.29 is 4.43 Å². The third-order valence-corrected chi connectivity index (χ3v) is 10.7. The summed E-state index contributed by atoms with van der Waals surface area (Å²) in [5.41, 5.74) is 3.03. The first kappa shape index (κ1) is 21.5. The molecule has 1 nitrogen and oxygen atoms in total. The lowest BCUT2D eigenvalue weighted by Gasteiger charge is -2.43. The molecule has 0 fully saturated rings. The average Bonchev–Trinajstić information content (AvgIpc) is 2.33. The van der Waals surface area contributed by atoms with Gasteiger partial charge < -0.3 is 4.43 Å². The Hall–Kier alpha value is -0.503. The second-order valence-corrected chi connectivity index (χ2v) is 13.3. The minimum Gasteiger partial charge on any atom is -0.546 e. The molecule has 1 atom stereocenters. The van der Waals surface area contributed by atoms with E-state index < -0.39 is 8.32 Å². The van der Waals surface area contributed by atoms with Gasteiger partial charge in [-0.15, -0.1) is 0 Å². The maximum Gasteiger partial charge on any atom is 0.258 e. The number of hydrogen-bond donors (Lipinski definition) is 0. The molecule has 0 rings (SSSR count). The van der Waals surface area contributed by atoms with Crippen molar-refractivity contribution in [3.05, 3.63) is 24.0 Å². The predicted octanol–water partition coefficient (Wildman–Crippen LogP) is 7.46. The zero-order valence-electron chi connectivity index (χ0n) is 16.6. The summed E-state index contributed by atoms with van der Waals surface area (Å²) in [5, 5.41) is 0. The van der Waals surface area contributed by atoms with Crippen molar-refractivity contribution in [1.29, 1.82) is 0 Å². The minimum atomic E-state index is -1.86. The van der Waals surface area contributed by atoms with Crippen molar-refractivity contribution in [2.45, 2.75) is 98.2 Å². The van der Waals surface area contributed by atoms with Crippen molar-refractivity contribution >= 4 is 8.32 Å². The van der Waals surface area contributed by atoms with Crippen LogP contribution in [-0.2, 0) is 4.43 Å². The summed E-state index contributed by atoms with van der Waals surface area (Å²) in [5.74, 6) is 1.76. The Morgan fingerprint density at radius 1 is 1.00 bits per heavy atom. The summed E-state index contributed by atoms with van der Waals surface area (Å²) in [6, 6.07) is 0. The Kier molecular flexibility index (Phi) is 9.38. The standard InChI is InChI=1S/C20H40OSi/c1-11-12-19(10)14-20(13-15(2)3)21-22(16(4)5,17(6)7)18(8)9/h14,16-19H,2,11-13H2,1,3-10H3/b20-14-. The average molecular weight is 325 g/mol. The van der Waals surface area contributed by atoms with Gasteiger partial charge in [-0.25, -0.2) is 0 Å². The summed E-state index contributed by atoms with van der Waals surface area (Å²) in [4.78, 5) is 0. The van der Waals surface area contributed by atoms with E-state index in [1.54, 1.807) is 0 Å². The Morgan fingerprint density at radius 3 is 1.77 bits per heavy atom. The minimum absolute atomic E-state index is 0.581. The summed E-state index contributed by atoms with van der Waals surface area (Å²) >= 11 is 0. The van der Waals surface area contributed by atoms with Crippen molar-refractivity contribution in [2.24, 2.45) is 5.92 Å². The fraction of sp³-hybridized carbons (Fsp3) is 0.800. The maximum atomic E-state index is 6.89. The molecule has 0 aliphatic rings. The molecule has 1 unspecified atom stereocenters. The summed E-state index contributed by atoms with van der Waals surface area (Å²) in [6.45, 7) is 24.8. The molecular weight excluding hydrogens is 284 g/mol. The fourth-order valence-corrected chi connectivity index (χ4v) is 9.16. The van der Waals surface area contributed by atoms with Gasteiger partial charge >= 0.3 is 0 Å². The third-order valence-electron chi connectivity index (χ3n) is 4.71. The lowest BCUT2D eigenvalue weighted by atomic mass is 10.0. The van der Waals surface area contributed by atoms with E-state index in [1.807, 2.05) is 0 Å². The molecule has 0 aliphatic heterocycles. The normalized spacial score (nSPS) is 14.8. The molecule has 0 heterocycles. The molecule has 0 aromatic rings. The molecule has 0 aromatic heterocycles. The lowest BCUT2D eigenvalue weighted by Crippen LogP contribution is -2.47. The highest BCUT2D eigenvalue weighted by Gasteiger charge is 2.47. The van der Waals surface area contributed by atoms with Crippen molar-refractivity contribution in [1.82, 2.24) is 0 Å². The second kappa shape index (κ2) is 9.59. The van der Waals surface area contributed by atoms with Crippen LogP contribution in [0.2, 0.25) is 16.6 Å². The van der Waals surface area contributed by atoms with Gasteiger partial charge in [0, 0.05) is 6.42 Å². The molecular formula is C20H40OSi. The van der Waals surface area contributed by atoms with E-state index in [0.29, 0.717) is 22.5 Å². The van der Waals surface area contributed by atoms with Gasteiger partial charge in [-0.2, -0.15) is 0 Å². The van der Waals surface area contributed by atoms with Gasteiger partial charge in [0.05, 0.1) is 5.76 Å². The second-order valence-electron chi connectivity index (χ2n) is 7.95. The summed E-state index contributed by atoms with van der Waals surface area (Å²) < 4.78 is 6.89. The SMILES string of the molecule is C=C(C)C/C(=C/C(C)CCC)O[Si](C(C)C)(C(C)C)C(C)C. The Balaban J connectivity index is 5.59. The molecule has 0 aromatic carbocycles. The highest BCUT2D eigenvalue weighted by atomic mass is 28.4. The molecule has 130 valence electrons. The first-order valence-corrected chi connectivity index (χ1v) is 11.3. The van der Waals surface area contributed by atoms with Gasteiger partial charge in [-0.3, -0.25) is 0 Å². The van der Waals surface area contributed by atoms with Crippen LogP contribution in [0.4, 0.5) is 0 Å². The van der Waals surface area contributed by atoms with Gasteiger partial charge in [0.1, 0.15) is 0 Å². The van der Waals surface area contributed by atoms with Gasteiger partial charge in [0.25, 0.3) is 8.32 Å². The van der Waals surface area contributed by atoms with Gasteiger partial charge in [-0.1, -0.05) is 74.0 Å². The largest absolute Gasteiger partial charge is 0.546 e. The van der Waals surface area contributed by atoms with Crippen molar-refractivity contribution in [2.75, 3.05) is 0 Å². The molecule has 0 saturated carbocycles. The van der Waals surface area contributed by atoms with E-state index in [2.05, 4.69) is 75.0 Å². The van der Waals surface area contributed by atoms with Gasteiger partial charge in [0.2, 0.25) is 0 Å². The maximum absolute atomic E-state index is 6.89. The molecule has 0 bridgehead atoms. The molecule has 0 N–H and O–H groups in total. The molecule has 2 heteroatoms. The summed E-state index contributed by atoms with van der Waals surface area (Å²) in [6.07, 6.45) is 5.70. The zero-order valence-corrected chi connectivity index (χ0v) is 17.6. The van der Waals surface area contributed by atoms with Crippen LogP contribution in [0.1, 0.15) is 81.6 Å². The van der Waals surface area contributed by atoms with Gasteiger partial charge in [0.15, 0.2) is 0 Å². The van der Waals surface area contributed by atoms with E-state index >= 15 is 0 Å². The van der Waals surface area contributed by atoms with Crippen LogP contribution in [0.5, 0.6) is 0 Å². The van der Waals surface area contributed by atoms with Crippen LogP contribution >= 0.6 is 0 Å². The van der Waals surface area contributed by atoms with E-state index in [1.165, 1.54) is 24.2 Å². The monoisotopic (exact) mass is 324 g/mol. The quantitative estimate of drug-likeness (QED) is 0.230. The smallest absolute Gasteiger partial charge is 0.258 e. The number of allylic oxidation sites excluding steroid dienone is 2. The van der Waals surface area contributed by atoms with Crippen molar-refractivity contribution in [3.8, 4) is 0 Å². The fourth-order valence-electron chi connectivity index (χ4n) is 3.86. The molecule has 0 amide bonds.